The van der Waals surface area contributed by atoms with Gasteiger partial charge in [-0.25, -0.2) is 4.98 Å². The highest BCUT2D eigenvalue weighted by Crippen LogP contribution is 2.37. The van der Waals surface area contributed by atoms with E-state index >= 15 is 0 Å². The van der Waals surface area contributed by atoms with E-state index < -0.39 is 0 Å². The number of fused-ring (bicyclic) bond motifs is 4. The summed E-state index contributed by atoms with van der Waals surface area (Å²) in [4.78, 5) is 5.06. The van der Waals surface area contributed by atoms with Crippen molar-refractivity contribution in [2.75, 3.05) is 6.61 Å². The van der Waals surface area contributed by atoms with Gasteiger partial charge in [-0.3, -0.25) is 0 Å². The summed E-state index contributed by atoms with van der Waals surface area (Å²) in [6.07, 6.45) is 2.08. The minimum atomic E-state index is 0.0614. The molecule has 0 aliphatic rings. The Kier molecular flexibility index (Phi) is 4.11. The molecule has 0 aliphatic heterocycles. The fraction of sp³-hybridized carbons (Fsp3) is 0.0741. The van der Waals surface area contributed by atoms with Gasteiger partial charge >= 0.3 is 0 Å². The van der Waals surface area contributed by atoms with Crippen LogP contribution in [-0.4, -0.2) is 21.3 Å². The second-order valence-corrected chi connectivity index (χ2v) is 7.67. The summed E-state index contributed by atoms with van der Waals surface area (Å²) in [5.74, 6) is 0. The van der Waals surface area contributed by atoms with E-state index in [2.05, 4.69) is 42.6 Å². The molecule has 6 aromatic rings. The van der Waals surface area contributed by atoms with Gasteiger partial charge < -0.3 is 14.1 Å². The van der Waals surface area contributed by atoms with Crippen molar-refractivity contribution in [3.05, 3.63) is 91.1 Å². The fourth-order valence-corrected chi connectivity index (χ4v) is 4.43. The van der Waals surface area contributed by atoms with E-state index in [0.717, 1.165) is 55.4 Å². The summed E-state index contributed by atoms with van der Waals surface area (Å²) in [5, 5.41) is 12.9. The molecule has 150 valence electrons. The number of pyridine rings is 1. The van der Waals surface area contributed by atoms with Crippen molar-refractivity contribution in [1.82, 2.24) is 9.55 Å². The van der Waals surface area contributed by atoms with Gasteiger partial charge in [0.15, 0.2) is 0 Å². The molecular weight excluding hydrogens is 384 g/mol. The maximum atomic E-state index is 9.62. The number of aliphatic hydroxyl groups excluding tert-OH is 1. The molecule has 0 saturated heterocycles. The van der Waals surface area contributed by atoms with E-state index in [9.17, 15) is 5.11 Å². The summed E-state index contributed by atoms with van der Waals surface area (Å²) in [7, 11) is 0. The molecule has 0 amide bonds. The number of para-hydroxylation sites is 1. The molecule has 3 heterocycles. The van der Waals surface area contributed by atoms with Crippen LogP contribution in [0.2, 0.25) is 0 Å². The lowest BCUT2D eigenvalue weighted by Gasteiger charge is -2.06. The van der Waals surface area contributed by atoms with Crippen LogP contribution in [-0.2, 0) is 6.54 Å². The quantitative estimate of drug-likeness (QED) is 0.377. The highest BCUT2D eigenvalue weighted by Gasteiger charge is 2.16. The number of nitrogens with zero attached hydrogens (tertiary/aromatic N) is 2. The van der Waals surface area contributed by atoms with Crippen LogP contribution in [0.5, 0.6) is 0 Å². The Morgan fingerprint density at radius 1 is 0.742 bits per heavy atom. The molecule has 0 bridgehead atoms. The Hall–Kier alpha value is -3.89. The first-order valence-corrected chi connectivity index (χ1v) is 10.4. The van der Waals surface area contributed by atoms with Gasteiger partial charge in [0.25, 0.3) is 0 Å². The number of benzene rings is 3. The van der Waals surface area contributed by atoms with Crippen LogP contribution >= 0.6 is 0 Å². The van der Waals surface area contributed by atoms with Crippen LogP contribution in [0, 0.1) is 0 Å². The molecule has 31 heavy (non-hydrogen) atoms. The topological polar surface area (TPSA) is 51.2 Å². The van der Waals surface area contributed by atoms with Gasteiger partial charge in [-0.2, -0.15) is 0 Å². The summed E-state index contributed by atoms with van der Waals surface area (Å²) in [6.45, 7) is 0.560. The summed E-state index contributed by atoms with van der Waals surface area (Å²) in [5.41, 5.74) is 6.80. The maximum absolute atomic E-state index is 9.62. The van der Waals surface area contributed by atoms with E-state index in [0.29, 0.717) is 6.54 Å². The molecule has 0 fully saturated rings. The number of aromatic nitrogens is 2. The van der Waals surface area contributed by atoms with Crippen molar-refractivity contribution in [3.8, 4) is 22.4 Å². The SMILES string of the molecule is OCCn1cc(-c2ccccc2)c2ccc(-c3cccc4oc5ccccc5c34)nc21. The summed E-state index contributed by atoms with van der Waals surface area (Å²) in [6, 6.07) is 28.7. The molecule has 0 radical (unpaired) electrons. The Morgan fingerprint density at radius 2 is 1.55 bits per heavy atom. The van der Waals surface area contributed by atoms with Gasteiger partial charge in [0.1, 0.15) is 16.8 Å². The number of hydrogen-bond donors (Lipinski definition) is 1. The maximum Gasteiger partial charge on any atom is 0.141 e. The zero-order valence-corrected chi connectivity index (χ0v) is 16.8. The minimum Gasteiger partial charge on any atom is -0.456 e. The van der Waals surface area contributed by atoms with E-state index in [-0.39, 0.29) is 6.61 Å². The zero-order valence-electron chi connectivity index (χ0n) is 16.8. The molecular formula is C27H20N2O2. The minimum absolute atomic E-state index is 0.0614. The number of aliphatic hydroxyl groups is 1. The third-order valence-electron chi connectivity index (χ3n) is 5.83. The monoisotopic (exact) mass is 404 g/mol. The van der Waals surface area contributed by atoms with E-state index in [4.69, 9.17) is 9.40 Å². The third-order valence-corrected chi connectivity index (χ3v) is 5.83. The summed E-state index contributed by atoms with van der Waals surface area (Å²) < 4.78 is 8.10. The van der Waals surface area contributed by atoms with E-state index in [1.54, 1.807) is 0 Å². The van der Waals surface area contributed by atoms with Crippen LogP contribution < -0.4 is 0 Å². The van der Waals surface area contributed by atoms with E-state index in [1.807, 2.05) is 53.1 Å². The molecule has 0 unspecified atom stereocenters. The number of furan rings is 1. The largest absolute Gasteiger partial charge is 0.456 e. The Morgan fingerprint density at radius 3 is 2.42 bits per heavy atom. The second-order valence-electron chi connectivity index (χ2n) is 7.67. The molecule has 0 saturated carbocycles. The molecule has 0 spiro atoms. The molecule has 0 aliphatic carbocycles. The van der Waals surface area contributed by atoms with Crippen LogP contribution in [0.15, 0.2) is 95.5 Å². The first-order valence-electron chi connectivity index (χ1n) is 10.4. The van der Waals surface area contributed by atoms with Crippen LogP contribution in [0.25, 0.3) is 55.4 Å². The van der Waals surface area contributed by atoms with Crippen molar-refractivity contribution >= 4 is 33.0 Å². The van der Waals surface area contributed by atoms with Crippen molar-refractivity contribution in [2.24, 2.45) is 0 Å². The fourth-order valence-electron chi connectivity index (χ4n) is 4.43. The first-order chi connectivity index (χ1) is 15.3. The zero-order chi connectivity index (χ0) is 20.8. The van der Waals surface area contributed by atoms with Gasteiger partial charge in [-0.1, -0.05) is 60.7 Å². The lowest BCUT2D eigenvalue weighted by Crippen LogP contribution is -2.01. The standard InChI is InChI=1S/C27H20N2O2/c30-16-15-29-17-22(18-7-2-1-3-8-18)19-13-14-23(28-27(19)29)20-10-6-12-25-26(20)21-9-4-5-11-24(21)31-25/h1-14,17,30H,15-16H2. The van der Waals surface area contributed by atoms with Crippen molar-refractivity contribution in [2.45, 2.75) is 6.54 Å². The normalized spacial score (nSPS) is 11.6. The second kappa shape index (κ2) is 7.11. The van der Waals surface area contributed by atoms with Crippen molar-refractivity contribution in [1.29, 1.82) is 0 Å². The van der Waals surface area contributed by atoms with Gasteiger partial charge in [-0.15, -0.1) is 0 Å². The van der Waals surface area contributed by atoms with Gasteiger partial charge in [0, 0.05) is 40.0 Å². The number of rotatable bonds is 4. The van der Waals surface area contributed by atoms with Crippen molar-refractivity contribution in [3.63, 3.8) is 0 Å². The lowest BCUT2D eigenvalue weighted by molar-refractivity contribution is 0.278. The van der Waals surface area contributed by atoms with Gasteiger partial charge in [-0.05, 0) is 29.8 Å². The average molecular weight is 404 g/mol. The lowest BCUT2D eigenvalue weighted by atomic mass is 10.0. The highest BCUT2D eigenvalue weighted by molar-refractivity contribution is 6.12. The highest BCUT2D eigenvalue weighted by atomic mass is 16.3. The van der Waals surface area contributed by atoms with Crippen LogP contribution in [0.1, 0.15) is 0 Å². The Labute approximate surface area is 179 Å². The Balaban J connectivity index is 1.61. The predicted octanol–water partition coefficient (Wildman–Crippen LogP) is 6.26. The molecule has 1 N–H and O–H groups in total. The molecule has 6 rings (SSSR count). The van der Waals surface area contributed by atoms with Crippen LogP contribution in [0.4, 0.5) is 0 Å². The van der Waals surface area contributed by atoms with Gasteiger partial charge in [0.2, 0.25) is 0 Å². The van der Waals surface area contributed by atoms with E-state index in [1.165, 1.54) is 0 Å². The molecule has 3 aromatic carbocycles. The predicted molar refractivity (Wildman–Crippen MR) is 125 cm³/mol. The summed E-state index contributed by atoms with van der Waals surface area (Å²) >= 11 is 0. The Bertz CT molecular complexity index is 1540. The molecule has 4 heteroatoms. The molecule has 0 atom stereocenters. The average Bonchev–Trinajstić information content (AvgIpc) is 3.38. The molecule has 3 aromatic heterocycles. The third kappa shape index (κ3) is 2.84. The van der Waals surface area contributed by atoms with Crippen LogP contribution in [0.3, 0.4) is 0 Å². The van der Waals surface area contributed by atoms with Crippen molar-refractivity contribution < 1.29 is 9.52 Å². The number of hydrogen-bond acceptors (Lipinski definition) is 3. The van der Waals surface area contributed by atoms with Gasteiger partial charge in [0.05, 0.1) is 12.3 Å². The smallest absolute Gasteiger partial charge is 0.141 e. The molecule has 4 nitrogen and oxygen atoms in total. The first kappa shape index (κ1) is 17.9.